The first-order valence-corrected chi connectivity index (χ1v) is 11.8. The maximum atomic E-state index is 13.1. The van der Waals surface area contributed by atoms with Gasteiger partial charge < -0.3 is 19.5 Å². The lowest BCUT2D eigenvalue weighted by Crippen LogP contribution is -2.32. The van der Waals surface area contributed by atoms with Gasteiger partial charge in [-0.15, -0.1) is 0 Å². The van der Waals surface area contributed by atoms with Crippen molar-refractivity contribution >= 4 is 27.3 Å². The van der Waals surface area contributed by atoms with Crippen LogP contribution in [0.3, 0.4) is 0 Å². The molecule has 174 valence electrons. The molecule has 2 aromatic rings. The number of carbonyl (C=O) groups is 1. The number of hydrogen-bond donors (Lipinski definition) is 2. The Balaban J connectivity index is 1.67. The molecule has 1 aliphatic heterocycles. The van der Waals surface area contributed by atoms with Crippen LogP contribution in [-0.2, 0) is 24.3 Å². The van der Waals surface area contributed by atoms with Crippen LogP contribution in [0, 0.1) is 5.82 Å². The van der Waals surface area contributed by atoms with Crippen molar-refractivity contribution in [2.75, 3.05) is 30.4 Å². The van der Waals surface area contributed by atoms with E-state index in [9.17, 15) is 17.6 Å². The topological polar surface area (TPSA) is 103 Å². The van der Waals surface area contributed by atoms with Gasteiger partial charge in [-0.25, -0.2) is 12.8 Å². The van der Waals surface area contributed by atoms with Crippen molar-refractivity contribution in [2.24, 2.45) is 0 Å². The molecule has 0 radical (unpaired) electrons. The van der Waals surface area contributed by atoms with Gasteiger partial charge in [-0.3, -0.25) is 9.52 Å². The predicted molar refractivity (Wildman–Crippen MR) is 118 cm³/mol. The minimum Gasteiger partial charge on any atom is -0.495 e. The Labute approximate surface area is 187 Å². The smallest absolute Gasteiger partial charge is 0.262 e. The summed E-state index contributed by atoms with van der Waals surface area (Å²) in [6, 6.07) is 8.98. The van der Waals surface area contributed by atoms with Gasteiger partial charge in [0.25, 0.3) is 15.9 Å². The van der Waals surface area contributed by atoms with Crippen molar-refractivity contribution in [1.82, 2.24) is 0 Å². The number of amides is 1. The average molecular weight is 467 g/mol. The van der Waals surface area contributed by atoms with E-state index >= 15 is 0 Å². The van der Waals surface area contributed by atoms with E-state index in [1.807, 2.05) is 0 Å². The molecule has 1 heterocycles. The van der Waals surface area contributed by atoms with Gasteiger partial charge in [0.1, 0.15) is 17.7 Å². The van der Waals surface area contributed by atoms with E-state index in [-0.39, 0.29) is 28.3 Å². The van der Waals surface area contributed by atoms with E-state index in [4.69, 9.17) is 14.2 Å². The Hall–Kier alpha value is -2.69. The van der Waals surface area contributed by atoms with Gasteiger partial charge in [0, 0.05) is 12.3 Å². The number of hydrogen-bond acceptors (Lipinski definition) is 6. The van der Waals surface area contributed by atoms with Gasteiger partial charge in [0.15, 0.2) is 0 Å². The van der Waals surface area contributed by atoms with Gasteiger partial charge in [-0.1, -0.05) is 0 Å². The lowest BCUT2D eigenvalue weighted by Gasteiger charge is -2.24. The normalized spacial score (nSPS) is 17.4. The van der Waals surface area contributed by atoms with Gasteiger partial charge >= 0.3 is 0 Å². The van der Waals surface area contributed by atoms with E-state index < -0.39 is 21.9 Å². The van der Waals surface area contributed by atoms with Crippen molar-refractivity contribution < 1.29 is 31.8 Å². The number of methoxy groups -OCH3 is 1. The minimum atomic E-state index is -3.99. The summed E-state index contributed by atoms with van der Waals surface area (Å²) in [6.45, 7) is 2.68. The molecule has 10 heteroatoms. The Morgan fingerprint density at radius 1 is 1.22 bits per heavy atom. The van der Waals surface area contributed by atoms with Crippen molar-refractivity contribution in [3.05, 3.63) is 48.3 Å². The SMILES string of the molecule is COc1ccc(NC(=O)C(C)OCC2CCCCO2)cc1NS(=O)(=O)c1ccc(F)cc1. The number of ether oxygens (including phenoxy) is 3. The van der Waals surface area contributed by atoms with Crippen LogP contribution in [0.1, 0.15) is 26.2 Å². The third kappa shape index (κ3) is 6.41. The average Bonchev–Trinajstić information content (AvgIpc) is 2.78. The fourth-order valence-electron chi connectivity index (χ4n) is 3.19. The van der Waals surface area contributed by atoms with E-state index in [2.05, 4.69) is 10.0 Å². The molecule has 32 heavy (non-hydrogen) atoms. The number of sulfonamides is 1. The van der Waals surface area contributed by atoms with Gasteiger partial charge in [-0.2, -0.15) is 0 Å². The molecule has 1 saturated heterocycles. The van der Waals surface area contributed by atoms with E-state index in [0.717, 1.165) is 43.5 Å². The standard InChI is InChI=1S/C22H27FN2O6S/c1-15(31-14-18-5-3-4-12-30-18)22(26)24-17-8-11-21(29-2)20(13-17)25-32(27,28)19-9-6-16(23)7-10-19/h6-11,13,15,18,25H,3-5,12,14H2,1-2H3,(H,24,26). The van der Waals surface area contributed by atoms with Crippen LogP contribution in [-0.4, -0.2) is 46.9 Å². The van der Waals surface area contributed by atoms with Crippen molar-refractivity contribution in [1.29, 1.82) is 0 Å². The lowest BCUT2D eigenvalue weighted by molar-refractivity contribution is -0.130. The Bertz CT molecular complexity index is 1020. The molecule has 0 bridgehead atoms. The zero-order valence-corrected chi connectivity index (χ0v) is 18.8. The molecular formula is C22H27FN2O6S. The molecule has 0 saturated carbocycles. The van der Waals surface area contributed by atoms with Crippen molar-refractivity contribution in [2.45, 2.75) is 43.3 Å². The summed E-state index contributed by atoms with van der Waals surface area (Å²) in [5.74, 6) is -0.664. The van der Waals surface area contributed by atoms with Crippen molar-refractivity contribution in [3.8, 4) is 5.75 Å². The first-order valence-electron chi connectivity index (χ1n) is 10.3. The van der Waals surface area contributed by atoms with Crippen LogP contribution in [0.15, 0.2) is 47.4 Å². The fraction of sp³-hybridized carbons (Fsp3) is 0.409. The highest BCUT2D eigenvalue weighted by Gasteiger charge is 2.21. The first kappa shape index (κ1) is 24.0. The second-order valence-corrected chi connectivity index (χ2v) is 9.11. The highest BCUT2D eigenvalue weighted by molar-refractivity contribution is 7.92. The Kier molecular flexibility index (Phi) is 8.05. The summed E-state index contributed by atoms with van der Waals surface area (Å²) >= 11 is 0. The molecular weight excluding hydrogens is 439 g/mol. The summed E-state index contributed by atoms with van der Waals surface area (Å²) < 4.78 is 57.3. The first-order chi connectivity index (χ1) is 15.3. The molecule has 2 N–H and O–H groups in total. The quantitative estimate of drug-likeness (QED) is 0.586. The van der Waals surface area contributed by atoms with Crippen LogP contribution < -0.4 is 14.8 Å². The highest BCUT2D eigenvalue weighted by Crippen LogP contribution is 2.30. The molecule has 8 nitrogen and oxygen atoms in total. The summed E-state index contributed by atoms with van der Waals surface area (Å²) in [4.78, 5) is 12.4. The van der Waals surface area contributed by atoms with E-state index in [0.29, 0.717) is 18.9 Å². The highest BCUT2D eigenvalue weighted by atomic mass is 32.2. The van der Waals surface area contributed by atoms with Crippen LogP contribution >= 0.6 is 0 Å². The zero-order chi connectivity index (χ0) is 23.1. The molecule has 0 spiro atoms. The summed E-state index contributed by atoms with van der Waals surface area (Å²) in [7, 11) is -2.60. The summed E-state index contributed by atoms with van der Waals surface area (Å²) in [5, 5.41) is 2.71. The maximum Gasteiger partial charge on any atom is 0.262 e. The molecule has 3 rings (SSSR count). The Morgan fingerprint density at radius 3 is 2.62 bits per heavy atom. The van der Waals surface area contributed by atoms with Crippen LogP contribution in [0.5, 0.6) is 5.75 Å². The Morgan fingerprint density at radius 2 is 1.97 bits per heavy atom. The van der Waals surface area contributed by atoms with Crippen LogP contribution in [0.25, 0.3) is 0 Å². The largest absolute Gasteiger partial charge is 0.495 e. The van der Waals surface area contributed by atoms with Gasteiger partial charge in [0.2, 0.25) is 0 Å². The van der Waals surface area contributed by atoms with Crippen molar-refractivity contribution in [3.63, 3.8) is 0 Å². The molecule has 1 fully saturated rings. The molecule has 0 aromatic heterocycles. The third-order valence-corrected chi connectivity index (χ3v) is 6.39. The molecule has 2 atom stereocenters. The fourth-order valence-corrected chi connectivity index (χ4v) is 4.25. The molecule has 2 aromatic carbocycles. The minimum absolute atomic E-state index is 0.00698. The molecule has 2 unspecified atom stereocenters. The molecule has 0 aliphatic carbocycles. The van der Waals surface area contributed by atoms with E-state index in [1.54, 1.807) is 13.0 Å². The predicted octanol–water partition coefficient (Wildman–Crippen LogP) is 3.55. The van der Waals surface area contributed by atoms with Gasteiger partial charge in [0.05, 0.1) is 30.4 Å². The molecule has 1 aliphatic rings. The number of anilines is 2. The molecule has 1 amide bonds. The van der Waals surface area contributed by atoms with E-state index in [1.165, 1.54) is 19.2 Å². The summed E-state index contributed by atoms with van der Waals surface area (Å²) in [6.07, 6.45) is 2.30. The number of halogens is 1. The third-order valence-electron chi connectivity index (χ3n) is 5.01. The number of rotatable bonds is 9. The summed E-state index contributed by atoms with van der Waals surface area (Å²) in [5.41, 5.74) is 0.482. The van der Waals surface area contributed by atoms with Gasteiger partial charge in [-0.05, 0) is 68.7 Å². The number of benzene rings is 2. The lowest BCUT2D eigenvalue weighted by atomic mass is 10.1. The van der Waals surface area contributed by atoms with Crippen LogP contribution in [0.4, 0.5) is 15.8 Å². The van der Waals surface area contributed by atoms with Crippen LogP contribution in [0.2, 0.25) is 0 Å². The monoisotopic (exact) mass is 466 g/mol. The maximum absolute atomic E-state index is 13.1. The zero-order valence-electron chi connectivity index (χ0n) is 18.0. The second-order valence-electron chi connectivity index (χ2n) is 7.43. The number of carbonyl (C=O) groups excluding carboxylic acids is 1. The number of nitrogens with one attached hydrogen (secondary N) is 2. The second kappa shape index (κ2) is 10.8.